The lowest BCUT2D eigenvalue weighted by atomic mass is 9.80. The number of likely N-dealkylation sites (N-methyl/N-ethyl adjacent to an activating group) is 1. The van der Waals surface area contributed by atoms with E-state index in [0.717, 1.165) is 18.2 Å². The Bertz CT molecular complexity index is 1820. The van der Waals surface area contributed by atoms with Gasteiger partial charge >= 0.3 is 6.18 Å². The highest BCUT2D eigenvalue weighted by Gasteiger charge is 2.46. The van der Waals surface area contributed by atoms with Crippen LogP contribution in [0.4, 0.5) is 23.4 Å². The van der Waals surface area contributed by atoms with Gasteiger partial charge in [-0.2, -0.15) is 18.3 Å². The van der Waals surface area contributed by atoms with Gasteiger partial charge in [-0.1, -0.05) is 36.4 Å². The average molecular weight is 618 g/mol. The van der Waals surface area contributed by atoms with Crippen molar-refractivity contribution in [3.05, 3.63) is 118 Å². The maximum absolute atomic E-state index is 14.3. The zero-order chi connectivity index (χ0) is 31.9. The summed E-state index contributed by atoms with van der Waals surface area (Å²) in [6.45, 7) is 1.92. The molecule has 3 amide bonds. The molecule has 2 unspecified atom stereocenters. The molecule has 0 radical (unpaired) electrons. The van der Waals surface area contributed by atoms with Crippen molar-refractivity contribution < 1.29 is 31.9 Å². The smallest absolute Gasteiger partial charge is 0.339 e. The number of halogens is 4. The van der Waals surface area contributed by atoms with Crippen LogP contribution in [0.25, 0.3) is 11.8 Å². The molecule has 45 heavy (non-hydrogen) atoms. The minimum absolute atomic E-state index is 0.149. The van der Waals surface area contributed by atoms with Crippen molar-refractivity contribution in [2.45, 2.75) is 37.9 Å². The molecule has 0 saturated carbocycles. The van der Waals surface area contributed by atoms with Gasteiger partial charge in [-0.3, -0.25) is 19.3 Å². The quantitative estimate of drug-likeness (QED) is 0.276. The Morgan fingerprint density at radius 1 is 1.02 bits per heavy atom. The molecule has 1 aromatic heterocycles. The van der Waals surface area contributed by atoms with Crippen LogP contribution < -0.4 is 15.5 Å². The molecule has 2 aliphatic rings. The molecule has 6 rings (SSSR count). The maximum Gasteiger partial charge on any atom is 0.416 e. The lowest BCUT2D eigenvalue weighted by Gasteiger charge is -2.38. The first kappa shape index (κ1) is 29.8. The number of nitrogens with zero attached hydrogens (tertiary/aromatic N) is 3. The van der Waals surface area contributed by atoms with Gasteiger partial charge in [0, 0.05) is 35.7 Å². The van der Waals surface area contributed by atoms with Crippen molar-refractivity contribution >= 4 is 29.6 Å². The number of anilines is 1. The second-order valence-corrected chi connectivity index (χ2v) is 10.7. The Labute approximate surface area is 255 Å². The van der Waals surface area contributed by atoms with E-state index < -0.39 is 41.3 Å². The van der Waals surface area contributed by atoms with Gasteiger partial charge in [-0.25, -0.2) is 9.07 Å². The number of amides is 3. The van der Waals surface area contributed by atoms with Crippen LogP contribution in [0.3, 0.4) is 0 Å². The molecular formula is C33H27F4N5O3. The molecule has 2 aliphatic heterocycles. The van der Waals surface area contributed by atoms with E-state index in [0.29, 0.717) is 46.9 Å². The maximum atomic E-state index is 14.3. The summed E-state index contributed by atoms with van der Waals surface area (Å²) >= 11 is 0. The third kappa shape index (κ3) is 5.70. The monoisotopic (exact) mass is 617 g/mol. The number of hydrogen-bond acceptors (Lipinski definition) is 4. The summed E-state index contributed by atoms with van der Waals surface area (Å²) in [6.07, 6.45) is -2.22. The third-order valence-corrected chi connectivity index (χ3v) is 7.87. The molecule has 8 nitrogen and oxygen atoms in total. The summed E-state index contributed by atoms with van der Waals surface area (Å²) < 4.78 is 56.1. The second-order valence-electron chi connectivity index (χ2n) is 10.7. The van der Waals surface area contributed by atoms with E-state index in [2.05, 4.69) is 10.6 Å². The molecule has 0 bridgehead atoms. The zero-order valence-electron chi connectivity index (χ0n) is 23.9. The predicted octanol–water partition coefficient (Wildman–Crippen LogP) is 5.58. The van der Waals surface area contributed by atoms with Crippen LogP contribution in [0.2, 0.25) is 0 Å². The Morgan fingerprint density at radius 3 is 2.40 bits per heavy atom. The third-order valence-electron chi connectivity index (χ3n) is 7.87. The number of benzene rings is 3. The van der Waals surface area contributed by atoms with Crippen molar-refractivity contribution in [2.75, 3.05) is 11.4 Å². The van der Waals surface area contributed by atoms with Crippen molar-refractivity contribution in [3.63, 3.8) is 0 Å². The largest absolute Gasteiger partial charge is 0.416 e. The van der Waals surface area contributed by atoms with Crippen LogP contribution in [-0.4, -0.2) is 40.1 Å². The molecule has 0 aliphatic carbocycles. The first-order valence-corrected chi connectivity index (χ1v) is 14.3. The molecule has 2 atom stereocenters. The second kappa shape index (κ2) is 11.7. The summed E-state index contributed by atoms with van der Waals surface area (Å²) in [4.78, 5) is 41.3. The highest BCUT2D eigenvalue weighted by Crippen LogP contribution is 2.44. The van der Waals surface area contributed by atoms with E-state index in [1.165, 1.54) is 35.2 Å². The molecule has 0 spiro atoms. The Balaban J connectivity index is 1.55. The van der Waals surface area contributed by atoms with Gasteiger partial charge in [0.1, 0.15) is 17.7 Å². The number of alkyl halides is 3. The summed E-state index contributed by atoms with van der Waals surface area (Å²) in [5, 5.41) is 10.4. The van der Waals surface area contributed by atoms with Gasteiger partial charge in [0.25, 0.3) is 11.8 Å². The SMILES string of the molecule is CCN1C(=O)C(NC(=O)c2cccc(C(F)(F)F)c2)C(c2ccc(F)cc2)c2c(/C=C3/CCC(=O)N3)nn(-c3ccccc3)c21. The number of nitrogens with one attached hydrogen (secondary N) is 2. The predicted molar refractivity (Wildman–Crippen MR) is 158 cm³/mol. The fourth-order valence-electron chi connectivity index (χ4n) is 5.80. The van der Waals surface area contributed by atoms with Crippen molar-refractivity contribution in [1.29, 1.82) is 0 Å². The van der Waals surface area contributed by atoms with E-state index >= 15 is 0 Å². The van der Waals surface area contributed by atoms with Gasteiger partial charge in [-0.05, 0) is 67.4 Å². The topological polar surface area (TPSA) is 96.3 Å². The van der Waals surface area contributed by atoms with Gasteiger partial charge in [-0.15, -0.1) is 0 Å². The van der Waals surface area contributed by atoms with Crippen LogP contribution >= 0.6 is 0 Å². The van der Waals surface area contributed by atoms with Crippen molar-refractivity contribution in [1.82, 2.24) is 20.4 Å². The first-order valence-electron chi connectivity index (χ1n) is 14.3. The number of fused-ring (bicyclic) bond motifs is 1. The number of allylic oxidation sites excluding steroid dienone is 1. The van der Waals surface area contributed by atoms with Gasteiger partial charge < -0.3 is 10.6 Å². The summed E-state index contributed by atoms with van der Waals surface area (Å²) in [5.74, 6) is -2.58. The van der Waals surface area contributed by atoms with Crippen molar-refractivity contribution in [3.8, 4) is 5.69 Å². The fourth-order valence-corrected chi connectivity index (χ4v) is 5.80. The minimum Gasteiger partial charge on any atom is -0.339 e. The molecule has 230 valence electrons. The standard InChI is InChI=1S/C33H27F4N5O3/c1-2-41-31-28(25(18-23-15-16-26(43)38-23)40-42(31)24-9-4-3-5-10-24)27(19-11-13-22(34)14-12-19)29(32(41)45)39-30(44)20-7-6-8-21(17-20)33(35,36)37/h3-14,17-18,27,29H,2,15-16H2,1H3,(H,38,43)(H,39,44)/b23-18-. The molecule has 1 saturated heterocycles. The van der Waals surface area contributed by atoms with Crippen LogP contribution in [-0.2, 0) is 15.8 Å². The number of para-hydroxylation sites is 1. The van der Waals surface area contributed by atoms with Crippen LogP contribution in [0.5, 0.6) is 0 Å². The number of rotatable bonds is 6. The van der Waals surface area contributed by atoms with Crippen molar-refractivity contribution in [2.24, 2.45) is 0 Å². The van der Waals surface area contributed by atoms with Crippen LogP contribution in [0.1, 0.15) is 58.4 Å². The summed E-state index contributed by atoms with van der Waals surface area (Å²) in [6, 6.07) is 17.2. The number of carbonyl (C=O) groups is 3. The van der Waals surface area contributed by atoms with Gasteiger partial charge in [0.05, 0.1) is 16.9 Å². The van der Waals surface area contributed by atoms with E-state index in [4.69, 9.17) is 5.10 Å². The lowest BCUT2D eigenvalue weighted by molar-refractivity contribution is -0.137. The normalized spacial score (nSPS) is 19.0. The lowest BCUT2D eigenvalue weighted by Crippen LogP contribution is -2.55. The fraction of sp³-hybridized carbons (Fsp3) is 0.212. The average Bonchev–Trinajstić information content (AvgIpc) is 3.61. The summed E-state index contributed by atoms with van der Waals surface area (Å²) in [5.41, 5.74) is 1.38. The molecular weight excluding hydrogens is 590 g/mol. The zero-order valence-corrected chi connectivity index (χ0v) is 23.9. The molecule has 3 heterocycles. The van der Waals surface area contributed by atoms with E-state index in [1.54, 1.807) is 17.7 Å². The first-order chi connectivity index (χ1) is 21.5. The van der Waals surface area contributed by atoms with E-state index in [1.807, 2.05) is 30.3 Å². The van der Waals surface area contributed by atoms with Crippen LogP contribution in [0, 0.1) is 5.82 Å². The number of hydrogen-bond donors (Lipinski definition) is 2. The van der Waals surface area contributed by atoms with E-state index in [-0.39, 0.29) is 18.0 Å². The summed E-state index contributed by atoms with van der Waals surface area (Å²) in [7, 11) is 0. The molecule has 12 heteroatoms. The van der Waals surface area contributed by atoms with Gasteiger partial charge in [0.15, 0.2) is 0 Å². The molecule has 1 fully saturated rings. The molecule has 3 aromatic carbocycles. The highest BCUT2D eigenvalue weighted by molar-refractivity contribution is 6.06. The van der Waals surface area contributed by atoms with E-state index in [9.17, 15) is 31.9 Å². The van der Waals surface area contributed by atoms with Crippen LogP contribution in [0.15, 0.2) is 84.6 Å². The number of aromatic nitrogens is 2. The Hall–Kier alpha value is -5.26. The molecule has 2 N–H and O–H groups in total. The number of carbonyl (C=O) groups excluding carboxylic acids is 3. The van der Waals surface area contributed by atoms with Gasteiger partial charge in [0.2, 0.25) is 5.91 Å². The Morgan fingerprint density at radius 2 is 1.76 bits per heavy atom. The minimum atomic E-state index is -4.68. The Kier molecular flexibility index (Phi) is 7.73. The highest BCUT2D eigenvalue weighted by atomic mass is 19.4. The molecule has 4 aromatic rings.